The summed E-state index contributed by atoms with van der Waals surface area (Å²) < 4.78 is 0. The van der Waals surface area contributed by atoms with Crippen LogP contribution in [-0.2, 0) is 0 Å². The number of Topliss-reactive ketones (excluding diaryl/α,β-unsaturated/α-hetero) is 1. The van der Waals surface area contributed by atoms with E-state index in [1.54, 1.807) is 25.4 Å². The fraction of sp³-hybridized carbons (Fsp3) is 0.167. The largest absolute Gasteiger partial charge is 0.367 e. The number of H-pyrrole nitrogens is 1. The first-order chi connectivity index (χ1) is 3.80. The quantitative estimate of drug-likeness (QED) is 0.547. The zero-order valence-corrected chi connectivity index (χ0v) is 4.64. The third-order valence-corrected chi connectivity index (χ3v) is 1.00. The van der Waals surface area contributed by atoms with E-state index in [1.807, 2.05) is 0 Å². The second-order valence-electron chi connectivity index (χ2n) is 1.66. The molecule has 0 aliphatic heterocycles. The predicted octanol–water partition coefficient (Wildman–Crippen LogP) is 1.46. The Balaban J connectivity index is 0.000000640. The Morgan fingerprint density at radius 1 is 1.88 bits per heavy atom. The van der Waals surface area contributed by atoms with Crippen molar-refractivity contribution in [2.75, 3.05) is 0 Å². The number of aromatic amines is 1. The Bertz CT molecular complexity index is 181. The van der Waals surface area contributed by atoms with E-state index in [-0.39, 0.29) is 7.21 Å². The molecule has 0 atom stereocenters. The van der Waals surface area contributed by atoms with Crippen LogP contribution in [0, 0.1) is 0 Å². The minimum atomic E-state index is 0. The maximum Gasteiger partial charge on any atom is 0.161 e. The fourth-order valence-electron chi connectivity index (χ4n) is 0.543. The molecule has 8 heavy (non-hydrogen) atoms. The normalized spacial score (nSPS) is 9.12. The smallest absolute Gasteiger partial charge is 0.161 e. The summed E-state index contributed by atoms with van der Waals surface area (Å²) in [6.07, 6.45) is 3.42. The third kappa shape index (κ3) is 0.780. The molecular weight excluding hydrogens is 102 g/mol. The molecule has 1 aromatic rings. The molecule has 0 saturated carbocycles. The first kappa shape index (κ1) is 5.09. The highest BCUT2D eigenvalue weighted by atomic mass is 16.1. The van der Waals surface area contributed by atoms with Crippen LogP contribution in [0.2, 0.25) is 0 Å². The van der Waals surface area contributed by atoms with Gasteiger partial charge in [0.2, 0.25) is 0 Å². The summed E-state index contributed by atoms with van der Waals surface area (Å²) in [5.74, 6) is 0.103. The van der Waals surface area contributed by atoms with Crippen LogP contribution in [0.15, 0.2) is 18.5 Å². The van der Waals surface area contributed by atoms with Gasteiger partial charge in [0, 0.05) is 19.4 Å². The maximum absolute atomic E-state index is 10.5. The number of hydrogen-bond donors (Lipinski definition) is 1. The number of ketones is 1. The highest BCUT2D eigenvalue weighted by Crippen LogP contribution is 1.95. The van der Waals surface area contributed by atoms with E-state index in [9.17, 15) is 4.79 Å². The number of carbonyl (C=O) groups is 1. The van der Waals surface area contributed by atoms with E-state index in [1.165, 1.54) is 0 Å². The Morgan fingerprint density at radius 3 is 2.88 bits per heavy atom. The maximum atomic E-state index is 10.5. The molecule has 0 unspecified atom stereocenters. The number of rotatable bonds is 1. The van der Waals surface area contributed by atoms with Crippen LogP contribution in [0.5, 0.6) is 0 Å². The summed E-state index contributed by atoms with van der Waals surface area (Å²) in [7, 11) is 0. The van der Waals surface area contributed by atoms with Gasteiger partial charge in [-0.3, -0.25) is 4.79 Å². The Labute approximate surface area is 49.0 Å². The standard InChI is InChI=1S/C6H7NO.H2/c1-5(8)6-2-3-7-4-6;/h2-4,7H,1H3;1H. The molecule has 1 aromatic heterocycles. The number of aromatic nitrogens is 1. The highest BCUT2D eigenvalue weighted by molar-refractivity contribution is 5.93. The lowest BCUT2D eigenvalue weighted by Crippen LogP contribution is -1.85. The average molecular weight is 111 g/mol. The van der Waals surface area contributed by atoms with Crippen molar-refractivity contribution in [2.24, 2.45) is 0 Å². The van der Waals surface area contributed by atoms with Crippen molar-refractivity contribution in [2.45, 2.75) is 6.92 Å². The number of nitrogens with one attached hydrogen (secondary N) is 1. The van der Waals surface area contributed by atoms with Crippen LogP contribution in [0.4, 0.5) is 0 Å². The molecule has 0 spiro atoms. The summed E-state index contributed by atoms with van der Waals surface area (Å²) in [5.41, 5.74) is 0.741. The monoisotopic (exact) mass is 111 g/mol. The van der Waals surface area contributed by atoms with Gasteiger partial charge in [-0.05, 0) is 13.0 Å². The zero-order chi connectivity index (χ0) is 5.98. The second kappa shape index (κ2) is 1.82. The van der Waals surface area contributed by atoms with Gasteiger partial charge < -0.3 is 4.98 Å². The van der Waals surface area contributed by atoms with Crippen LogP contribution in [0.1, 0.15) is 18.7 Å². The zero-order valence-electron chi connectivity index (χ0n) is 4.64. The Morgan fingerprint density at radius 2 is 2.62 bits per heavy atom. The topological polar surface area (TPSA) is 32.9 Å². The number of carbonyl (C=O) groups excluding carboxylic acids is 1. The Kier molecular flexibility index (Phi) is 1.16. The van der Waals surface area contributed by atoms with E-state index in [4.69, 9.17) is 0 Å². The first-order valence-electron chi connectivity index (χ1n) is 2.44. The van der Waals surface area contributed by atoms with Gasteiger partial charge in [-0.2, -0.15) is 0 Å². The minimum absolute atomic E-state index is 0. The van der Waals surface area contributed by atoms with Crippen molar-refractivity contribution in [1.29, 1.82) is 0 Å². The van der Waals surface area contributed by atoms with Crippen LogP contribution < -0.4 is 0 Å². The van der Waals surface area contributed by atoms with Crippen LogP contribution in [-0.4, -0.2) is 10.8 Å². The molecule has 0 fully saturated rings. The molecule has 44 valence electrons. The van der Waals surface area contributed by atoms with Gasteiger partial charge in [0.05, 0.1) is 0 Å². The van der Waals surface area contributed by atoms with E-state index < -0.39 is 0 Å². The molecule has 0 radical (unpaired) electrons. The molecule has 0 amide bonds. The fourth-order valence-corrected chi connectivity index (χ4v) is 0.543. The van der Waals surface area contributed by atoms with Crippen molar-refractivity contribution in [3.8, 4) is 0 Å². The van der Waals surface area contributed by atoms with Crippen LogP contribution in [0.25, 0.3) is 0 Å². The SMILES string of the molecule is CC(=O)c1cc[nH]c1.[HH]. The summed E-state index contributed by atoms with van der Waals surface area (Å²) in [4.78, 5) is 13.3. The van der Waals surface area contributed by atoms with Gasteiger partial charge in [-0.15, -0.1) is 0 Å². The van der Waals surface area contributed by atoms with E-state index in [2.05, 4.69) is 4.98 Å². The van der Waals surface area contributed by atoms with E-state index >= 15 is 0 Å². The molecule has 1 rings (SSSR count). The lowest BCUT2D eigenvalue weighted by molar-refractivity contribution is 0.101. The molecule has 0 aliphatic carbocycles. The van der Waals surface area contributed by atoms with Crippen molar-refractivity contribution in [1.82, 2.24) is 4.98 Å². The summed E-state index contributed by atoms with van der Waals surface area (Å²) >= 11 is 0. The van der Waals surface area contributed by atoms with Gasteiger partial charge in [-0.1, -0.05) is 0 Å². The lowest BCUT2D eigenvalue weighted by atomic mass is 10.2. The molecular formula is C6H9NO. The minimum Gasteiger partial charge on any atom is -0.367 e. The molecule has 0 aliphatic rings. The van der Waals surface area contributed by atoms with Crippen molar-refractivity contribution in [3.63, 3.8) is 0 Å². The van der Waals surface area contributed by atoms with E-state index in [0.29, 0.717) is 0 Å². The Hall–Kier alpha value is -1.05. The second-order valence-corrected chi connectivity index (χ2v) is 1.66. The van der Waals surface area contributed by atoms with Crippen molar-refractivity contribution in [3.05, 3.63) is 24.0 Å². The highest BCUT2D eigenvalue weighted by Gasteiger charge is 1.94. The van der Waals surface area contributed by atoms with Crippen LogP contribution >= 0.6 is 0 Å². The summed E-state index contributed by atoms with van der Waals surface area (Å²) in [5, 5.41) is 0. The van der Waals surface area contributed by atoms with E-state index in [0.717, 1.165) is 5.56 Å². The molecule has 0 saturated heterocycles. The first-order valence-corrected chi connectivity index (χ1v) is 2.44. The number of hydrogen-bond acceptors (Lipinski definition) is 1. The third-order valence-electron chi connectivity index (χ3n) is 1.00. The molecule has 0 bridgehead atoms. The van der Waals surface area contributed by atoms with Gasteiger partial charge in [0.25, 0.3) is 0 Å². The van der Waals surface area contributed by atoms with Crippen molar-refractivity contribution < 1.29 is 6.22 Å². The van der Waals surface area contributed by atoms with Crippen LogP contribution in [0.3, 0.4) is 0 Å². The lowest BCUT2D eigenvalue weighted by Gasteiger charge is -1.79. The molecule has 1 N–H and O–H groups in total. The molecule has 2 heteroatoms. The van der Waals surface area contributed by atoms with Gasteiger partial charge in [0.1, 0.15) is 0 Å². The van der Waals surface area contributed by atoms with Gasteiger partial charge >= 0.3 is 0 Å². The molecule has 1 heterocycles. The van der Waals surface area contributed by atoms with Gasteiger partial charge in [-0.25, -0.2) is 0 Å². The van der Waals surface area contributed by atoms with Gasteiger partial charge in [0.15, 0.2) is 5.78 Å². The van der Waals surface area contributed by atoms with Crippen molar-refractivity contribution >= 4 is 5.78 Å². The summed E-state index contributed by atoms with van der Waals surface area (Å²) in [6.45, 7) is 1.54. The summed E-state index contributed by atoms with van der Waals surface area (Å²) in [6, 6.07) is 1.75. The molecule has 2 nitrogen and oxygen atoms in total. The average Bonchev–Trinajstić information content (AvgIpc) is 2.12. The predicted molar refractivity (Wildman–Crippen MR) is 32.9 cm³/mol. The molecule has 0 aromatic carbocycles.